The van der Waals surface area contributed by atoms with Crippen LogP contribution >= 0.6 is 0 Å². The molecule has 13 rings (SSSR count). The van der Waals surface area contributed by atoms with E-state index >= 15 is 0 Å². The van der Waals surface area contributed by atoms with Crippen LogP contribution in [-0.2, 0) is 0 Å². The Labute approximate surface area is 345 Å². The SMILES string of the molecule is c1ccc(-c2ccc(-c3c4cccc(-c5cccc6c5ccc5oc7ccccc7c56)c4cc4c(-c5cccc6c5ccc5oc7ccccc7c56)cccc34)cc2)cc1. The van der Waals surface area contributed by atoms with Crippen LogP contribution in [0.15, 0.2) is 215 Å². The molecule has 0 saturated heterocycles. The van der Waals surface area contributed by atoms with Crippen LogP contribution in [0.1, 0.15) is 0 Å². The Morgan fingerprint density at radius 2 is 0.617 bits per heavy atom. The Morgan fingerprint density at radius 1 is 0.217 bits per heavy atom. The highest BCUT2D eigenvalue weighted by atomic mass is 16.3. The van der Waals surface area contributed by atoms with Gasteiger partial charge in [0.1, 0.15) is 22.3 Å². The average molecular weight is 763 g/mol. The molecule has 0 aliphatic carbocycles. The van der Waals surface area contributed by atoms with Gasteiger partial charge in [0.25, 0.3) is 0 Å². The molecule has 0 bridgehead atoms. The van der Waals surface area contributed by atoms with Crippen LogP contribution in [0.3, 0.4) is 0 Å². The number of hydrogen-bond donors (Lipinski definition) is 0. The van der Waals surface area contributed by atoms with Crippen molar-refractivity contribution in [1.29, 1.82) is 0 Å². The van der Waals surface area contributed by atoms with Crippen LogP contribution in [0.25, 0.3) is 131 Å². The minimum Gasteiger partial charge on any atom is -0.456 e. The van der Waals surface area contributed by atoms with Crippen LogP contribution in [0, 0.1) is 0 Å². The van der Waals surface area contributed by atoms with E-state index in [1.807, 2.05) is 12.1 Å². The summed E-state index contributed by atoms with van der Waals surface area (Å²) in [7, 11) is 0. The molecule has 278 valence electrons. The summed E-state index contributed by atoms with van der Waals surface area (Å²) >= 11 is 0. The number of hydrogen-bond acceptors (Lipinski definition) is 2. The molecule has 11 aromatic carbocycles. The number of rotatable bonds is 4. The van der Waals surface area contributed by atoms with Crippen molar-refractivity contribution >= 4 is 87.0 Å². The van der Waals surface area contributed by atoms with Gasteiger partial charge in [-0.3, -0.25) is 0 Å². The van der Waals surface area contributed by atoms with E-state index in [0.717, 1.165) is 43.9 Å². The van der Waals surface area contributed by atoms with Crippen LogP contribution in [-0.4, -0.2) is 0 Å². The van der Waals surface area contributed by atoms with E-state index in [1.54, 1.807) is 0 Å². The third-order valence-corrected chi connectivity index (χ3v) is 12.7. The Bertz CT molecular complexity index is 3650. The van der Waals surface area contributed by atoms with Gasteiger partial charge < -0.3 is 8.83 Å². The first kappa shape index (κ1) is 33.1. The molecule has 0 amide bonds. The van der Waals surface area contributed by atoms with Crippen LogP contribution in [0.5, 0.6) is 0 Å². The van der Waals surface area contributed by atoms with E-state index < -0.39 is 0 Å². The molecule has 60 heavy (non-hydrogen) atoms. The zero-order valence-corrected chi connectivity index (χ0v) is 32.4. The molecule has 0 atom stereocenters. The van der Waals surface area contributed by atoms with Crippen molar-refractivity contribution in [3.8, 4) is 44.5 Å². The molecule has 0 N–H and O–H groups in total. The molecule has 2 nitrogen and oxygen atoms in total. The van der Waals surface area contributed by atoms with Gasteiger partial charge in [-0.1, -0.05) is 176 Å². The molecule has 0 aliphatic rings. The summed E-state index contributed by atoms with van der Waals surface area (Å²) in [4.78, 5) is 0. The van der Waals surface area contributed by atoms with E-state index in [-0.39, 0.29) is 0 Å². The lowest BCUT2D eigenvalue weighted by Crippen LogP contribution is -1.92. The molecule has 0 aliphatic heterocycles. The molecule has 0 spiro atoms. The van der Waals surface area contributed by atoms with Gasteiger partial charge in [0.15, 0.2) is 0 Å². The molecule has 0 unspecified atom stereocenters. The summed E-state index contributed by atoms with van der Waals surface area (Å²) in [6.45, 7) is 0. The van der Waals surface area contributed by atoms with Crippen molar-refractivity contribution in [2.24, 2.45) is 0 Å². The zero-order chi connectivity index (χ0) is 39.3. The second kappa shape index (κ2) is 12.8. The fourth-order valence-electron chi connectivity index (χ4n) is 10.0. The van der Waals surface area contributed by atoms with Crippen molar-refractivity contribution in [2.45, 2.75) is 0 Å². The minimum absolute atomic E-state index is 0.909. The molecule has 0 fully saturated rings. The van der Waals surface area contributed by atoms with Crippen molar-refractivity contribution in [2.75, 3.05) is 0 Å². The molecule has 13 aromatic rings. The number of fused-ring (bicyclic) bond motifs is 12. The van der Waals surface area contributed by atoms with Gasteiger partial charge in [0.2, 0.25) is 0 Å². The predicted molar refractivity (Wildman–Crippen MR) is 253 cm³/mol. The third-order valence-electron chi connectivity index (χ3n) is 12.7. The highest BCUT2D eigenvalue weighted by molar-refractivity contribution is 6.26. The van der Waals surface area contributed by atoms with E-state index in [1.165, 1.54) is 87.6 Å². The fourth-order valence-corrected chi connectivity index (χ4v) is 10.0. The lowest BCUT2D eigenvalue weighted by molar-refractivity contribution is 0.669. The topological polar surface area (TPSA) is 26.3 Å². The summed E-state index contributed by atoms with van der Waals surface area (Å²) in [5.41, 5.74) is 13.3. The van der Waals surface area contributed by atoms with Gasteiger partial charge in [0, 0.05) is 21.5 Å². The van der Waals surface area contributed by atoms with E-state index in [0.29, 0.717) is 0 Å². The van der Waals surface area contributed by atoms with Crippen molar-refractivity contribution in [1.82, 2.24) is 0 Å². The highest BCUT2D eigenvalue weighted by Gasteiger charge is 2.20. The van der Waals surface area contributed by atoms with Gasteiger partial charge >= 0.3 is 0 Å². The first-order chi connectivity index (χ1) is 29.8. The van der Waals surface area contributed by atoms with Crippen molar-refractivity contribution < 1.29 is 8.83 Å². The Balaban J connectivity index is 1.12. The van der Waals surface area contributed by atoms with Crippen LogP contribution in [0.2, 0.25) is 0 Å². The van der Waals surface area contributed by atoms with Gasteiger partial charge in [-0.25, -0.2) is 0 Å². The highest BCUT2D eigenvalue weighted by Crippen LogP contribution is 2.47. The maximum atomic E-state index is 6.35. The molecule has 2 heteroatoms. The maximum Gasteiger partial charge on any atom is 0.136 e. The van der Waals surface area contributed by atoms with Gasteiger partial charge in [-0.05, 0) is 118 Å². The quantitative estimate of drug-likeness (QED) is 0.167. The molecule has 2 heterocycles. The van der Waals surface area contributed by atoms with E-state index in [9.17, 15) is 0 Å². The predicted octanol–water partition coefficient (Wildman–Crippen LogP) is 16.8. The van der Waals surface area contributed by atoms with Gasteiger partial charge in [-0.15, -0.1) is 0 Å². The fraction of sp³-hybridized carbons (Fsp3) is 0. The zero-order valence-electron chi connectivity index (χ0n) is 32.4. The molecular formula is C58H34O2. The largest absolute Gasteiger partial charge is 0.456 e. The molecule has 2 aromatic heterocycles. The molecule has 0 radical (unpaired) electrons. The lowest BCUT2D eigenvalue weighted by Gasteiger charge is -2.19. The Kier molecular flexibility index (Phi) is 7.05. The molecule has 0 saturated carbocycles. The van der Waals surface area contributed by atoms with E-state index in [4.69, 9.17) is 8.83 Å². The summed E-state index contributed by atoms with van der Waals surface area (Å²) in [5, 5.41) is 14.3. The lowest BCUT2D eigenvalue weighted by atomic mass is 9.84. The Hall–Kier alpha value is -7.94. The van der Waals surface area contributed by atoms with Crippen LogP contribution in [0.4, 0.5) is 0 Å². The smallest absolute Gasteiger partial charge is 0.136 e. The second-order valence-electron chi connectivity index (χ2n) is 15.9. The number of para-hydroxylation sites is 2. The Morgan fingerprint density at radius 3 is 1.13 bits per heavy atom. The van der Waals surface area contributed by atoms with Crippen LogP contribution < -0.4 is 0 Å². The van der Waals surface area contributed by atoms with Crippen molar-refractivity contribution in [3.63, 3.8) is 0 Å². The van der Waals surface area contributed by atoms with E-state index in [2.05, 4.69) is 194 Å². The maximum absolute atomic E-state index is 6.35. The van der Waals surface area contributed by atoms with Gasteiger partial charge in [-0.2, -0.15) is 0 Å². The minimum atomic E-state index is 0.909. The summed E-state index contributed by atoms with van der Waals surface area (Å²) in [5.74, 6) is 0. The molecular weight excluding hydrogens is 729 g/mol. The summed E-state index contributed by atoms with van der Waals surface area (Å²) < 4.78 is 12.7. The van der Waals surface area contributed by atoms with Gasteiger partial charge in [0.05, 0.1) is 0 Å². The standard InChI is InChI=1S/C58H34O2/c1-2-12-35(13-3-1)36-26-28-37(29-27-36)56-46-22-10-18-40(38-16-8-20-44-42(38)30-32-54-57(44)48-14-4-6-24-52(48)59-54)50(46)34-51-41(19-11-23-47(51)56)39-17-9-21-45-43(39)31-33-55-58(45)49-15-5-7-25-53(49)60-55/h1-34H. The average Bonchev–Trinajstić information content (AvgIpc) is 3.90. The summed E-state index contributed by atoms with van der Waals surface area (Å²) in [6.07, 6.45) is 0. The second-order valence-corrected chi connectivity index (χ2v) is 15.9. The summed E-state index contributed by atoms with van der Waals surface area (Å²) in [6, 6.07) is 74.8. The normalized spacial score (nSPS) is 12.0. The third kappa shape index (κ3) is 4.82. The number of furan rings is 2. The first-order valence-electron chi connectivity index (χ1n) is 20.6. The van der Waals surface area contributed by atoms with Crippen molar-refractivity contribution in [3.05, 3.63) is 206 Å². The number of benzene rings is 11. The monoisotopic (exact) mass is 762 g/mol. The first-order valence-corrected chi connectivity index (χ1v) is 20.6.